The summed E-state index contributed by atoms with van der Waals surface area (Å²) in [5, 5.41) is 0. The molecule has 0 amide bonds. The lowest BCUT2D eigenvalue weighted by molar-refractivity contribution is 0.678. The highest BCUT2D eigenvalue weighted by Gasteiger charge is 2.00. The fourth-order valence-electron chi connectivity index (χ4n) is 1.000. The minimum absolute atomic E-state index is 1.06. The Labute approximate surface area is 53.8 Å². The molecular formula is C7H7N2. The number of hydrogen-bond acceptors (Lipinski definition) is 1. The van der Waals surface area contributed by atoms with Gasteiger partial charge >= 0.3 is 0 Å². The molecule has 0 saturated heterocycles. The Morgan fingerprint density at radius 2 is 2.67 bits per heavy atom. The van der Waals surface area contributed by atoms with Crippen molar-refractivity contribution >= 4 is 0 Å². The quantitative estimate of drug-likeness (QED) is 0.498. The van der Waals surface area contributed by atoms with E-state index in [0.29, 0.717) is 0 Å². The Morgan fingerprint density at radius 1 is 1.67 bits per heavy atom. The minimum Gasteiger partial charge on any atom is -0.330 e. The van der Waals surface area contributed by atoms with Crippen LogP contribution in [0.2, 0.25) is 0 Å². The van der Waals surface area contributed by atoms with Crippen molar-refractivity contribution in [3.05, 3.63) is 30.4 Å². The zero-order chi connectivity index (χ0) is 6.10. The van der Waals surface area contributed by atoms with Crippen LogP contribution in [-0.4, -0.2) is 9.55 Å². The third kappa shape index (κ3) is 0.669. The van der Waals surface area contributed by atoms with Crippen LogP contribution in [-0.2, 0) is 6.54 Å². The van der Waals surface area contributed by atoms with Crippen LogP contribution < -0.4 is 0 Å². The molecule has 0 aromatic carbocycles. The standard InChI is InChI=1S/C7H7N2/c1-2-4-9-6-8-5-7(9)3-1/h1,5-6H,2,4H2. The Morgan fingerprint density at radius 3 is 3.56 bits per heavy atom. The number of hydrogen-bond donors (Lipinski definition) is 0. The highest BCUT2D eigenvalue weighted by Crippen LogP contribution is 2.06. The van der Waals surface area contributed by atoms with E-state index in [1.54, 1.807) is 0 Å². The zero-order valence-corrected chi connectivity index (χ0v) is 5.04. The van der Waals surface area contributed by atoms with E-state index >= 15 is 0 Å². The predicted octanol–water partition coefficient (Wildman–Crippen LogP) is 0.994. The van der Waals surface area contributed by atoms with Gasteiger partial charge in [-0.05, 0) is 6.42 Å². The molecule has 0 saturated carbocycles. The maximum Gasteiger partial charge on any atom is 0.0951 e. The van der Waals surface area contributed by atoms with Crippen molar-refractivity contribution in [3.63, 3.8) is 0 Å². The second-order valence-electron chi connectivity index (χ2n) is 2.11. The number of rotatable bonds is 0. The van der Waals surface area contributed by atoms with E-state index in [4.69, 9.17) is 0 Å². The van der Waals surface area contributed by atoms with Crippen molar-refractivity contribution < 1.29 is 0 Å². The van der Waals surface area contributed by atoms with Crippen molar-refractivity contribution in [2.24, 2.45) is 0 Å². The van der Waals surface area contributed by atoms with Gasteiger partial charge in [-0.25, -0.2) is 4.98 Å². The molecule has 1 aliphatic rings. The van der Waals surface area contributed by atoms with Crippen LogP contribution in [0, 0.1) is 6.08 Å². The molecule has 2 heteroatoms. The monoisotopic (exact) mass is 119 g/mol. The molecule has 0 atom stereocenters. The number of allylic oxidation sites excluding steroid dienone is 1. The molecule has 0 fully saturated rings. The lowest BCUT2D eigenvalue weighted by atomic mass is 10.2. The first-order chi connectivity index (χ1) is 4.47. The van der Waals surface area contributed by atoms with Gasteiger partial charge < -0.3 is 4.57 Å². The zero-order valence-electron chi connectivity index (χ0n) is 5.04. The van der Waals surface area contributed by atoms with Crippen molar-refractivity contribution in [1.29, 1.82) is 0 Å². The Hall–Kier alpha value is -1.05. The van der Waals surface area contributed by atoms with Gasteiger partial charge in [0, 0.05) is 12.6 Å². The average Bonchev–Trinajstić information content (AvgIpc) is 2.33. The van der Waals surface area contributed by atoms with Crippen LogP contribution in [0.1, 0.15) is 12.1 Å². The summed E-state index contributed by atoms with van der Waals surface area (Å²) in [6, 6.07) is 0. The molecule has 1 radical (unpaired) electrons. The van der Waals surface area contributed by atoms with Crippen LogP contribution in [0.4, 0.5) is 0 Å². The van der Waals surface area contributed by atoms with Crippen molar-refractivity contribution in [2.45, 2.75) is 13.0 Å². The molecule has 0 bridgehead atoms. The van der Waals surface area contributed by atoms with Crippen LogP contribution >= 0.6 is 0 Å². The largest absolute Gasteiger partial charge is 0.330 e. The molecular weight excluding hydrogens is 112 g/mol. The lowest BCUT2D eigenvalue weighted by Gasteiger charge is -2.05. The maximum atomic E-state index is 3.98. The van der Waals surface area contributed by atoms with E-state index in [9.17, 15) is 0 Å². The smallest absolute Gasteiger partial charge is 0.0951 e. The van der Waals surface area contributed by atoms with Gasteiger partial charge in [-0.1, -0.05) is 6.08 Å². The normalized spacial score (nSPS) is 15.6. The average molecular weight is 119 g/mol. The van der Waals surface area contributed by atoms with Gasteiger partial charge in [-0.2, -0.15) is 0 Å². The second kappa shape index (κ2) is 1.72. The Kier molecular flexibility index (Phi) is 0.918. The Balaban J connectivity index is 2.53. The molecule has 0 unspecified atom stereocenters. The van der Waals surface area contributed by atoms with E-state index in [1.807, 2.05) is 12.5 Å². The van der Waals surface area contributed by atoms with Crippen molar-refractivity contribution in [3.8, 4) is 0 Å². The summed E-state index contributed by atoms with van der Waals surface area (Å²) < 4.78 is 2.10. The molecule has 2 nitrogen and oxygen atoms in total. The predicted molar refractivity (Wildman–Crippen MR) is 33.8 cm³/mol. The summed E-state index contributed by atoms with van der Waals surface area (Å²) in [6.45, 7) is 1.06. The molecule has 0 aliphatic carbocycles. The van der Waals surface area contributed by atoms with E-state index < -0.39 is 0 Å². The topological polar surface area (TPSA) is 17.8 Å². The van der Waals surface area contributed by atoms with Gasteiger partial charge in [-0.3, -0.25) is 0 Å². The van der Waals surface area contributed by atoms with Crippen molar-refractivity contribution in [2.75, 3.05) is 0 Å². The molecule has 0 spiro atoms. The van der Waals surface area contributed by atoms with E-state index in [-0.39, 0.29) is 0 Å². The summed E-state index contributed by atoms with van der Waals surface area (Å²) in [6.07, 6.45) is 9.93. The van der Waals surface area contributed by atoms with Gasteiger partial charge in [-0.15, -0.1) is 0 Å². The summed E-state index contributed by atoms with van der Waals surface area (Å²) >= 11 is 0. The first kappa shape index (κ1) is 4.79. The molecule has 2 heterocycles. The molecule has 0 N–H and O–H groups in total. The number of aryl methyl sites for hydroxylation is 1. The molecule has 45 valence electrons. The van der Waals surface area contributed by atoms with Crippen LogP contribution in [0.15, 0.2) is 18.6 Å². The lowest BCUT2D eigenvalue weighted by Crippen LogP contribution is -2.01. The first-order valence-electron chi connectivity index (χ1n) is 3.05. The third-order valence-corrected chi connectivity index (χ3v) is 1.48. The van der Waals surface area contributed by atoms with E-state index in [2.05, 4.69) is 21.7 Å². The van der Waals surface area contributed by atoms with Gasteiger partial charge in [0.15, 0.2) is 0 Å². The molecule has 1 aliphatic heterocycles. The van der Waals surface area contributed by atoms with Gasteiger partial charge in [0.2, 0.25) is 0 Å². The number of fused-ring (bicyclic) bond motifs is 1. The summed E-state index contributed by atoms with van der Waals surface area (Å²) in [4.78, 5) is 3.98. The van der Waals surface area contributed by atoms with Crippen LogP contribution in [0.5, 0.6) is 0 Å². The third-order valence-electron chi connectivity index (χ3n) is 1.48. The molecule has 9 heavy (non-hydrogen) atoms. The summed E-state index contributed by atoms with van der Waals surface area (Å²) in [5.41, 5.74) is 1.10. The number of imidazole rings is 1. The van der Waals surface area contributed by atoms with Gasteiger partial charge in [0.1, 0.15) is 0 Å². The highest BCUT2D eigenvalue weighted by atomic mass is 15.0. The van der Waals surface area contributed by atoms with E-state index in [1.165, 1.54) is 0 Å². The fourth-order valence-corrected chi connectivity index (χ4v) is 1.000. The highest BCUT2D eigenvalue weighted by molar-refractivity contribution is 5.12. The SMILES string of the molecule is [C]1=CCCn2cncc21. The maximum absolute atomic E-state index is 3.98. The molecule has 1 aromatic rings. The molecule has 2 rings (SSSR count). The second-order valence-corrected chi connectivity index (χ2v) is 2.11. The fraction of sp³-hybridized carbons (Fsp3) is 0.286. The van der Waals surface area contributed by atoms with Gasteiger partial charge in [0.05, 0.1) is 18.2 Å². The van der Waals surface area contributed by atoms with Crippen LogP contribution in [0.3, 0.4) is 0 Å². The summed E-state index contributed by atoms with van der Waals surface area (Å²) in [5.74, 6) is 0. The van der Waals surface area contributed by atoms with Crippen molar-refractivity contribution in [1.82, 2.24) is 9.55 Å². The number of nitrogens with zero attached hydrogens (tertiary/aromatic N) is 2. The van der Waals surface area contributed by atoms with Gasteiger partial charge in [0.25, 0.3) is 0 Å². The minimum atomic E-state index is 1.06. The van der Waals surface area contributed by atoms with E-state index in [0.717, 1.165) is 18.7 Å². The number of aromatic nitrogens is 2. The first-order valence-corrected chi connectivity index (χ1v) is 3.05. The summed E-state index contributed by atoms with van der Waals surface area (Å²) in [7, 11) is 0. The Bertz CT molecular complexity index is 235. The van der Waals surface area contributed by atoms with Crippen LogP contribution in [0.25, 0.3) is 0 Å². The molecule has 1 aromatic heterocycles.